The lowest BCUT2D eigenvalue weighted by Gasteiger charge is -2.16. The number of rotatable bonds is 4. The number of ketones is 1. The number of hydrogen-bond acceptors (Lipinski definition) is 3. The van der Waals surface area contributed by atoms with Crippen molar-refractivity contribution in [3.63, 3.8) is 0 Å². The maximum Gasteiger partial charge on any atom is 0.332 e. The monoisotopic (exact) mass is 312 g/mol. The molecule has 0 spiro atoms. The first kappa shape index (κ1) is 14.9. The van der Waals surface area contributed by atoms with Crippen molar-refractivity contribution in [1.82, 2.24) is 4.90 Å². The van der Waals surface area contributed by atoms with Gasteiger partial charge < -0.3 is 0 Å². The molecule has 0 aliphatic carbocycles. The number of para-hydroxylation sites is 1. The van der Waals surface area contributed by atoms with E-state index in [1.165, 1.54) is 23.1 Å². The molecule has 116 valence electrons. The fourth-order valence-corrected chi connectivity index (χ4v) is 2.42. The van der Waals surface area contributed by atoms with Gasteiger partial charge in [0.15, 0.2) is 5.78 Å². The Labute approximate surface area is 131 Å². The molecule has 3 rings (SSSR count). The molecule has 1 aliphatic rings. The molecule has 2 aromatic rings. The normalized spacial score (nSPS) is 14.5. The number of carbonyl (C=O) groups is 3. The Morgan fingerprint density at radius 1 is 1.00 bits per heavy atom. The minimum Gasteiger partial charge on any atom is -0.292 e. The number of anilines is 1. The Morgan fingerprint density at radius 3 is 2.35 bits per heavy atom. The van der Waals surface area contributed by atoms with Crippen molar-refractivity contribution in [2.45, 2.75) is 0 Å². The van der Waals surface area contributed by atoms with Crippen LogP contribution < -0.4 is 4.90 Å². The SMILES string of the molecule is O=C(CN1C(=O)CN(c2ccccc2)C1=O)c1ccccc1F. The lowest BCUT2D eigenvalue weighted by Crippen LogP contribution is -2.37. The van der Waals surface area contributed by atoms with Crippen LogP contribution in [0.5, 0.6) is 0 Å². The number of Topliss-reactive ketones (excluding diaryl/α,β-unsaturated/α-hetero) is 1. The third kappa shape index (κ3) is 2.83. The molecule has 0 N–H and O–H groups in total. The van der Waals surface area contributed by atoms with Gasteiger partial charge in [0.25, 0.3) is 5.91 Å². The summed E-state index contributed by atoms with van der Waals surface area (Å²) in [6.45, 7) is -0.602. The summed E-state index contributed by atoms with van der Waals surface area (Å²) in [5, 5.41) is 0. The lowest BCUT2D eigenvalue weighted by molar-refractivity contribution is -0.124. The van der Waals surface area contributed by atoms with E-state index < -0.39 is 30.1 Å². The Morgan fingerprint density at radius 2 is 1.65 bits per heavy atom. The molecule has 6 heteroatoms. The van der Waals surface area contributed by atoms with Gasteiger partial charge >= 0.3 is 6.03 Å². The van der Waals surface area contributed by atoms with E-state index in [-0.39, 0.29) is 12.1 Å². The number of halogens is 1. The van der Waals surface area contributed by atoms with Crippen molar-refractivity contribution in [3.8, 4) is 0 Å². The smallest absolute Gasteiger partial charge is 0.292 e. The van der Waals surface area contributed by atoms with Crippen LogP contribution in [0.15, 0.2) is 54.6 Å². The Hall–Kier alpha value is -3.02. The van der Waals surface area contributed by atoms with Crippen molar-refractivity contribution in [2.24, 2.45) is 0 Å². The number of hydrogen-bond donors (Lipinski definition) is 0. The first-order valence-electron chi connectivity index (χ1n) is 7.02. The van der Waals surface area contributed by atoms with Gasteiger partial charge in [-0.3, -0.25) is 19.4 Å². The van der Waals surface area contributed by atoms with Gasteiger partial charge in [0.05, 0.1) is 12.1 Å². The van der Waals surface area contributed by atoms with Crippen LogP contribution in [0.3, 0.4) is 0 Å². The van der Waals surface area contributed by atoms with Crippen LogP contribution in [0.4, 0.5) is 14.9 Å². The van der Waals surface area contributed by atoms with Crippen LogP contribution in [-0.4, -0.2) is 35.7 Å². The van der Waals surface area contributed by atoms with Crippen molar-refractivity contribution in [2.75, 3.05) is 18.0 Å². The highest BCUT2D eigenvalue weighted by Gasteiger charge is 2.38. The third-order valence-corrected chi connectivity index (χ3v) is 3.60. The molecule has 0 aromatic heterocycles. The number of benzene rings is 2. The second kappa shape index (κ2) is 6.00. The van der Waals surface area contributed by atoms with Gasteiger partial charge in [0.2, 0.25) is 0 Å². The second-order valence-corrected chi connectivity index (χ2v) is 5.09. The van der Waals surface area contributed by atoms with Crippen molar-refractivity contribution in [1.29, 1.82) is 0 Å². The van der Waals surface area contributed by atoms with Crippen LogP contribution in [0.25, 0.3) is 0 Å². The third-order valence-electron chi connectivity index (χ3n) is 3.60. The average Bonchev–Trinajstić information content (AvgIpc) is 2.84. The summed E-state index contributed by atoms with van der Waals surface area (Å²) in [5.41, 5.74) is 0.443. The summed E-state index contributed by atoms with van der Waals surface area (Å²) in [6, 6.07) is 13.6. The fourth-order valence-electron chi connectivity index (χ4n) is 2.42. The maximum atomic E-state index is 13.6. The zero-order chi connectivity index (χ0) is 16.4. The molecule has 0 unspecified atom stereocenters. The van der Waals surface area contributed by atoms with Crippen molar-refractivity contribution in [3.05, 3.63) is 66.0 Å². The topological polar surface area (TPSA) is 57.7 Å². The highest BCUT2D eigenvalue weighted by atomic mass is 19.1. The second-order valence-electron chi connectivity index (χ2n) is 5.09. The van der Waals surface area contributed by atoms with E-state index in [1.807, 2.05) is 0 Å². The van der Waals surface area contributed by atoms with E-state index >= 15 is 0 Å². The van der Waals surface area contributed by atoms with E-state index in [9.17, 15) is 18.8 Å². The minimum atomic E-state index is -0.670. The summed E-state index contributed by atoms with van der Waals surface area (Å²) < 4.78 is 13.6. The predicted molar refractivity (Wildman–Crippen MR) is 81.6 cm³/mol. The molecule has 2 aromatic carbocycles. The highest BCUT2D eigenvalue weighted by molar-refractivity contribution is 6.15. The number of amides is 3. The van der Waals surface area contributed by atoms with Crippen LogP contribution in [0.1, 0.15) is 10.4 Å². The van der Waals surface area contributed by atoms with Gasteiger partial charge in [-0.1, -0.05) is 30.3 Å². The Kier molecular flexibility index (Phi) is 3.89. The Balaban J connectivity index is 1.79. The molecule has 3 amide bonds. The summed E-state index contributed by atoms with van der Waals surface area (Å²) in [7, 11) is 0. The molecule has 0 radical (unpaired) electrons. The Bertz CT molecular complexity index is 776. The largest absolute Gasteiger partial charge is 0.332 e. The van der Waals surface area contributed by atoms with Crippen LogP contribution in [0, 0.1) is 5.82 Å². The number of carbonyl (C=O) groups excluding carboxylic acids is 3. The molecule has 0 atom stereocenters. The number of urea groups is 1. The minimum absolute atomic E-state index is 0.132. The maximum absolute atomic E-state index is 13.6. The number of imide groups is 1. The van der Waals surface area contributed by atoms with Crippen LogP contribution >= 0.6 is 0 Å². The molecule has 0 bridgehead atoms. The quantitative estimate of drug-likeness (QED) is 0.644. The van der Waals surface area contributed by atoms with Crippen molar-refractivity contribution < 1.29 is 18.8 Å². The average molecular weight is 312 g/mol. The number of nitrogens with zero attached hydrogens (tertiary/aromatic N) is 2. The highest BCUT2D eigenvalue weighted by Crippen LogP contribution is 2.21. The first-order valence-corrected chi connectivity index (χ1v) is 7.02. The molecular formula is C17H13FN2O3. The van der Waals surface area contributed by atoms with E-state index in [4.69, 9.17) is 0 Å². The summed E-state index contributed by atoms with van der Waals surface area (Å²) in [5.74, 6) is -1.76. The summed E-state index contributed by atoms with van der Waals surface area (Å²) >= 11 is 0. The fraction of sp³-hybridized carbons (Fsp3) is 0.118. The van der Waals surface area contributed by atoms with Gasteiger partial charge in [-0.25, -0.2) is 9.18 Å². The van der Waals surface area contributed by atoms with Gasteiger partial charge in [-0.05, 0) is 24.3 Å². The van der Waals surface area contributed by atoms with Gasteiger partial charge in [0.1, 0.15) is 12.4 Å². The molecular weight excluding hydrogens is 299 g/mol. The van der Waals surface area contributed by atoms with Gasteiger partial charge in [-0.2, -0.15) is 0 Å². The molecule has 23 heavy (non-hydrogen) atoms. The molecule has 5 nitrogen and oxygen atoms in total. The van der Waals surface area contributed by atoms with Crippen LogP contribution in [0.2, 0.25) is 0 Å². The zero-order valence-electron chi connectivity index (χ0n) is 12.1. The standard InChI is InChI=1S/C17H13FN2O3/c18-14-9-5-4-8-13(14)15(21)10-20-16(22)11-19(17(20)23)12-6-2-1-3-7-12/h1-9H,10-11H2. The summed E-state index contributed by atoms with van der Waals surface area (Å²) in [6.07, 6.45) is 0. The van der Waals surface area contributed by atoms with E-state index in [0.29, 0.717) is 5.69 Å². The lowest BCUT2D eigenvalue weighted by atomic mass is 10.1. The first-order chi connectivity index (χ1) is 11.1. The van der Waals surface area contributed by atoms with E-state index in [1.54, 1.807) is 30.3 Å². The van der Waals surface area contributed by atoms with Crippen LogP contribution in [-0.2, 0) is 4.79 Å². The zero-order valence-corrected chi connectivity index (χ0v) is 12.1. The van der Waals surface area contributed by atoms with Crippen molar-refractivity contribution >= 4 is 23.4 Å². The van der Waals surface area contributed by atoms with E-state index in [2.05, 4.69) is 0 Å². The van der Waals surface area contributed by atoms with Gasteiger partial charge in [0, 0.05) is 5.69 Å². The van der Waals surface area contributed by atoms with Gasteiger partial charge in [-0.15, -0.1) is 0 Å². The molecule has 0 saturated carbocycles. The predicted octanol–water partition coefficient (Wildman–Crippen LogP) is 2.48. The summed E-state index contributed by atoms with van der Waals surface area (Å²) in [4.78, 5) is 38.7. The molecule has 1 heterocycles. The molecule has 1 fully saturated rings. The van der Waals surface area contributed by atoms with E-state index in [0.717, 1.165) is 11.0 Å². The molecule has 1 aliphatic heterocycles. The molecule has 1 saturated heterocycles.